The van der Waals surface area contributed by atoms with Gasteiger partial charge in [0.15, 0.2) is 11.2 Å². The molecule has 136 valence electrons. The lowest BCUT2D eigenvalue weighted by molar-refractivity contribution is -0.172. The van der Waals surface area contributed by atoms with Crippen molar-refractivity contribution < 1.29 is 23.9 Å². The standard InChI is InChI=1S/C21H22O5/c1-3-25-19(23)21(20(24)26-4-2)11-10-15-12-17(22)18(16(15)13-21)14-8-6-5-7-9-14/h5-10H,3-4,11-13H2,1-2H3. The van der Waals surface area contributed by atoms with Gasteiger partial charge in [-0.3, -0.25) is 14.4 Å². The van der Waals surface area contributed by atoms with Gasteiger partial charge in [-0.15, -0.1) is 0 Å². The molecule has 0 amide bonds. The zero-order valence-corrected chi connectivity index (χ0v) is 15.0. The molecule has 0 N–H and O–H groups in total. The van der Waals surface area contributed by atoms with Gasteiger partial charge in [0.1, 0.15) is 0 Å². The van der Waals surface area contributed by atoms with Gasteiger partial charge < -0.3 is 9.47 Å². The highest BCUT2D eigenvalue weighted by Gasteiger charge is 2.52. The van der Waals surface area contributed by atoms with Crippen LogP contribution >= 0.6 is 0 Å². The van der Waals surface area contributed by atoms with Gasteiger partial charge in [0.2, 0.25) is 0 Å². The number of rotatable bonds is 5. The van der Waals surface area contributed by atoms with Crippen LogP contribution < -0.4 is 0 Å². The molecule has 0 bridgehead atoms. The van der Waals surface area contributed by atoms with E-state index in [1.807, 2.05) is 36.4 Å². The van der Waals surface area contributed by atoms with Crippen LogP contribution in [0.15, 0.2) is 47.6 Å². The van der Waals surface area contributed by atoms with Crippen LogP contribution in [0, 0.1) is 5.41 Å². The molecule has 0 spiro atoms. The second kappa shape index (κ2) is 7.28. The molecule has 0 saturated carbocycles. The minimum Gasteiger partial charge on any atom is -0.465 e. The number of fused-ring (bicyclic) bond motifs is 1. The van der Waals surface area contributed by atoms with Gasteiger partial charge in [-0.2, -0.15) is 0 Å². The molecule has 26 heavy (non-hydrogen) atoms. The summed E-state index contributed by atoms with van der Waals surface area (Å²) in [7, 11) is 0. The number of ketones is 1. The molecule has 1 aromatic rings. The molecule has 3 rings (SSSR count). The molecule has 0 fully saturated rings. The quantitative estimate of drug-likeness (QED) is 0.600. The third kappa shape index (κ3) is 2.98. The van der Waals surface area contributed by atoms with E-state index in [2.05, 4.69) is 0 Å². The van der Waals surface area contributed by atoms with E-state index >= 15 is 0 Å². The van der Waals surface area contributed by atoms with E-state index in [9.17, 15) is 14.4 Å². The molecular weight excluding hydrogens is 332 g/mol. The lowest BCUT2D eigenvalue weighted by Gasteiger charge is -2.32. The van der Waals surface area contributed by atoms with Crippen molar-refractivity contribution in [3.63, 3.8) is 0 Å². The van der Waals surface area contributed by atoms with E-state index in [-0.39, 0.29) is 31.8 Å². The molecule has 0 unspecified atom stereocenters. The van der Waals surface area contributed by atoms with Gasteiger partial charge in [0, 0.05) is 18.4 Å². The van der Waals surface area contributed by atoms with E-state index in [1.165, 1.54) is 0 Å². The fraction of sp³-hybridized carbons (Fsp3) is 0.381. The number of carbonyl (C=O) groups excluding carboxylic acids is 3. The summed E-state index contributed by atoms with van der Waals surface area (Å²) in [5.41, 5.74) is 1.63. The van der Waals surface area contributed by atoms with Crippen LogP contribution in [0.25, 0.3) is 5.57 Å². The van der Waals surface area contributed by atoms with Crippen LogP contribution in [0.2, 0.25) is 0 Å². The van der Waals surface area contributed by atoms with Crippen molar-refractivity contribution in [2.45, 2.75) is 33.1 Å². The van der Waals surface area contributed by atoms with Crippen molar-refractivity contribution in [3.05, 3.63) is 53.1 Å². The Morgan fingerprint density at radius 1 is 1.04 bits per heavy atom. The van der Waals surface area contributed by atoms with E-state index in [4.69, 9.17) is 9.47 Å². The van der Waals surface area contributed by atoms with Crippen molar-refractivity contribution in [2.75, 3.05) is 13.2 Å². The molecule has 2 aliphatic carbocycles. The van der Waals surface area contributed by atoms with Gasteiger partial charge in [-0.1, -0.05) is 36.4 Å². The molecule has 0 atom stereocenters. The first-order chi connectivity index (χ1) is 12.5. The van der Waals surface area contributed by atoms with Crippen LogP contribution in [0.1, 0.15) is 38.7 Å². The first-order valence-corrected chi connectivity index (χ1v) is 8.89. The number of allylic oxidation sites excluding steroid dienone is 4. The maximum Gasteiger partial charge on any atom is 0.324 e. The predicted molar refractivity (Wildman–Crippen MR) is 96.0 cm³/mol. The van der Waals surface area contributed by atoms with Crippen molar-refractivity contribution >= 4 is 23.3 Å². The fourth-order valence-electron chi connectivity index (χ4n) is 3.64. The molecule has 1 aromatic carbocycles. The maximum atomic E-state index is 12.7. The van der Waals surface area contributed by atoms with Crippen LogP contribution in [-0.2, 0) is 23.9 Å². The summed E-state index contributed by atoms with van der Waals surface area (Å²) in [6.45, 7) is 3.77. The number of hydrogen-bond acceptors (Lipinski definition) is 5. The Hall–Kier alpha value is -2.69. The number of Topliss-reactive ketones (excluding diaryl/α,β-unsaturated/α-hetero) is 1. The lowest BCUT2D eigenvalue weighted by atomic mass is 9.72. The molecule has 0 radical (unpaired) electrons. The third-order valence-electron chi connectivity index (χ3n) is 4.89. The Balaban J connectivity index is 2.10. The van der Waals surface area contributed by atoms with Gasteiger partial charge in [-0.25, -0.2) is 0 Å². The lowest BCUT2D eigenvalue weighted by Crippen LogP contribution is -2.43. The molecule has 0 saturated heterocycles. The summed E-state index contributed by atoms with van der Waals surface area (Å²) in [5.74, 6) is -1.16. The molecule has 5 heteroatoms. The second-order valence-corrected chi connectivity index (χ2v) is 6.45. The Bertz CT molecular complexity index is 783. The highest BCUT2D eigenvalue weighted by Crippen LogP contribution is 2.48. The summed E-state index contributed by atoms with van der Waals surface area (Å²) in [5, 5.41) is 0. The topological polar surface area (TPSA) is 69.7 Å². The molecule has 0 heterocycles. The van der Waals surface area contributed by atoms with Crippen molar-refractivity contribution in [3.8, 4) is 0 Å². The second-order valence-electron chi connectivity index (χ2n) is 6.45. The van der Waals surface area contributed by atoms with E-state index < -0.39 is 17.4 Å². The van der Waals surface area contributed by atoms with E-state index in [0.717, 1.165) is 16.7 Å². The SMILES string of the molecule is CCOC(=O)C1(C(=O)OCC)CC=C2CC(=O)C(c3ccccc3)=C2C1. The highest BCUT2D eigenvalue weighted by atomic mass is 16.6. The maximum absolute atomic E-state index is 12.7. The number of esters is 2. The smallest absolute Gasteiger partial charge is 0.324 e. The first kappa shape index (κ1) is 18.1. The summed E-state index contributed by atoms with van der Waals surface area (Å²) in [6.07, 6.45) is 2.45. The van der Waals surface area contributed by atoms with Gasteiger partial charge in [0.25, 0.3) is 0 Å². The molecule has 0 aliphatic heterocycles. The Kier molecular flexibility index (Phi) is 5.07. The predicted octanol–water partition coefficient (Wildman–Crippen LogP) is 3.25. The number of benzene rings is 1. The largest absolute Gasteiger partial charge is 0.465 e. The third-order valence-corrected chi connectivity index (χ3v) is 4.89. The number of carbonyl (C=O) groups is 3. The van der Waals surface area contributed by atoms with Crippen LogP contribution in [0.4, 0.5) is 0 Å². The Morgan fingerprint density at radius 3 is 2.23 bits per heavy atom. The van der Waals surface area contributed by atoms with Crippen LogP contribution in [-0.4, -0.2) is 30.9 Å². The van der Waals surface area contributed by atoms with Gasteiger partial charge in [-0.05, 0) is 37.0 Å². The zero-order valence-electron chi connectivity index (χ0n) is 15.0. The number of hydrogen-bond donors (Lipinski definition) is 0. The first-order valence-electron chi connectivity index (χ1n) is 8.89. The average Bonchev–Trinajstić information content (AvgIpc) is 2.97. The molecular formula is C21H22O5. The van der Waals surface area contributed by atoms with Crippen molar-refractivity contribution in [2.24, 2.45) is 5.41 Å². The Labute approximate surface area is 152 Å². The Morgan fingerprint density at radius 2 is 1.65 bits per heavy atom. The zero-order chi connectivity index (χ0) is 18.7. The van der Waals surface area contributed by atoms with Crippen LogP contribution in [0.3, 0.4) is 0 Å². The molecule has 2 aliphatic rings. The minimum absolute atomic E-state index is 0.0148. The normalized spacial score (nSPS) is 18.2. The van der Waals surface area contributed by atoms with Crippen molar-refractivity contribution in [1.82, 2.24) is 0 Å². The molecule has 0 aromatic heterocycles. The van der Waals surface area contributed by atoms with Gasteiger partial charge >= 0.3 is 11.9 Å². The minimum atomic E-state index is -1.42. The summed E-state index contributed by atoms with van der Waals surface area (Å²) >= 11 is 0. The summed E-state index contributed by atoms with van der Waals surface area (Å²) in [4.78, 5) is 38.0. The van der Waals surface area contributed by atoms with E-state index in [0.29, 0.717) is 12.0 Å². The molecule has 5 nitrogen and oxygen atoms in total. The average molecular weight is 354 g/mol. The van der Waals surface area contributed by atoms with E-state index in [1.54, 1.807) is 13.8 Å². The summed E-state index contributed by atoms with van der Waals surface area (Å²) in [6, 6.07) is 9.35. The fourth-order valence-corrected chi connectivity index (χ4v) is 3.64. The monoisotopic (exact) mass is 354 g/mol. The van der Waals surface area contributed by atoms with Crippen molar-refractivity contribution in [1.29, 1.82) is 0 Å². The highest BCUT2D eigenvalue weighted by molar-refractivity contribution is 6.26. The van der Waals surface area contributed by atoms with Gasteiger partial charge in [0.05, 0.1) is 13.2 Å². The number of ether oxygens (including phenoxy) is 2. The summed E-state index contributed by atoms with van der Waals surface area (Å²) < 4.78 is 10.4. The van der Waals surface area contributed by atoms with Crippen LogP contribution in [0.5, 0.6) is 0 Å².